The number of rotatable bonds is 5. The highest BCUT2D eigenvalue weighted by Gasteiger charge is 2.29. The highest BCUT2D eigenvalue weighted by molar-refractivity contribution is 5.96. The molecule has 0 atom stereocenters. The first-order valence-corrected chi connectivity index (χ1v) is 10.3. The van der Waals surface area contributed by atoms with Gasteiger partial charge in [0.25, 0.3) is 5.91 Å². The lowest BCUT2D eigenvalue weighted by Crippen LogP contribution is -2.46. The molecule has 1 saturated heterocycles. The van der Waals surface area contributed by atoms with Gasteiger partial charge in [0.2, 0.25) is 0 Å². The summed E-state index contributed by atoms with van der Waals surface area (Å²) in [6, 6.07) is 3.14. The Morgan fingerprint density at radius 1 is 1.16 bits per heavy atom. The largest absolute Gasteiger partial charge is 0.345 e. The molecular weight excluding hydrogens is 310 g/mol. The molecule has 1 aromatic heterocycles. The van der Waals surface area contributed by atoms with Crippen LogP contribution >= 0.6 is 0 Å². The molecule has 0 radical (unpaired) electrons. The van der Waals surface area contributed by atoms with Crippen LogP contribution in [0.15, 0.2) is 6.07 Å². The van der Waals surface area contributed by atoms with E-state index in [1.807, 2.05) is 0 Å². The Morgan fingerprint density at radius 2 is 1.84 bits per heavy atom. The lowest BCUT2D eigenvalue weighted by atomic mass is 9.95. The first-order chi connectivity index (χ1) is 12.1. The number of aromatic nitrogens is 1. The highest BCUT2D eigenvalue weighted by Crippen LogP contribution is 2.32. The summed E-state index contributed by atoms with van der Waals surface area (Å²) in [4.78, 5) is 15.6. The van der Waals surface area contributed by atoms with Gasteiger partial charge in [-0.05, 0) is 65.1 Å². The molecule has 0 unspecified atom stereocenters. The van der Waals surface area contributed by atoms with E-state index < -0.39 is 0 Å². The maximum atomic E-state index is 13.4. The normalized spacial score (nSPS) is 20.0. The minimum Gasteiger partial charge on any atom is -0.345 e. The van der Waals surface area contributed by atoms with E-state index in [1.54, 1.807) is 0 Å². The summed E-state index contributed by atoms with van der Waals surface area (Å²) in [6.45, 7) is 9.43. The number of nitrogens with one attached hydrogen (secondary N) is 1. The number of nitrogens with zero attached hydrogens (tertiary/aromatic N) is 2. The second kappa shape index (κ2) is 8.39. The Kier molecular flexibility index (Phi) is 6.21. The van der Waals surface area contributed by atoms with Gasteiger partial charge in [-0.25, -0.2) is 0 Å². The SMILES string of the molecule is CCCN(C(=O)c1cc(C)n(C2CCCCC2)c1C)C1CCNCC1. The molecule has 2 fully saturated rings. The number of piperidine rings is 1. The van der Waals surface area contributed by atoms with E-state index in [2.05, 4.69) is 41.6 Å². The molecule has 0 spiro atoms. The van der Waals surface area contributed by atoms with Crippen molar-refractivity contribution in [1.82, 2.24) is 14.8 Å². The predicted molar refractivity (Wildman–Crippen MR) is 103 cm³/mol. The van der Waals surface area contributed by atoms with Crippen LogP contribution in [0.25, 0.3) is 0 Å². The third-order valence-corrected chi connectivity index (χ3v) is 6.13. The third kappa shape index (κ3) is 3.94. The van der Waals surface area contributed by atoms with E-state index in [4.69, 9.17) is 0 Å². The predicted octanol–water partition coefficient (Wildman–Crippen LogP) is 4.21. The average molecular weight is 346 g/mol. The van der Waals surface area contributed by atoms with Crippen molar-refractivity contribution in [3.05, 3.63) is 23.0 Å². The lowest BCUT2D eigenvalue weighted by molar-refractivity contribution is 0.0641. The van der Waals surface area contributed by atoms with Crippen molar-refractivity contribution in [2.45, 2.75) is 84.2 Å². The smallest absolute Gasteiger partial charge is 0.255 e. The van der Waals surface area contributed by atoms with Gasteiger partial charge in [0, 0.05) is 30.0 Å². The summed E-state index contributed by atoms with van der Waals surface area (Å²) in [6.07, 6.45) is 9.71. The molecule has 1 aliphatic carbocycles. The van der Waals surface area contributed by atoms with Crippen LogP contribution in [0.5, 0.6) is 0 Å². The molecule has 2 aliphatic rings. The van der Waals surface area contributed by atoms with Crippen LogP contribution in [-0.4, -0.2) is 41.1 Å². The number of carbonyl (C=O) groups excluding carboxylic acids is 1. The first-order valence-electron chi connectivity index (χ1n) is 10.3. The zero-order valence-electron chi connectivity index (χ0n) is 16.3. The van der Waals surface area contributed by atoms with Gasteiger partial charge < -0.3 is 14.8 Å². The minimum absolute atomic E-state index is 0.254. The van der Waals surface area contributed by atoms with Crippen LogP contribution in [0.4, 0.5) is 0 Å². The topological polar surface area (TPSA) is 37.3 Å². The van der Waals surface area contributed by atoms with E-state index in [-0.39, 0.29) is 5.91 Å². The van der Waals surface area contributed by atoms with Crippen molar-refractivity contribution in [2.75, 3.05) is 19.6 Å². The lowest BCUT2D eigenvalue weighted by Gasteiger charge is -2.34. The Balaban J connectivity index is 1.84. The van der Waals surface area contributed by atoms with E-state index in [0.717, 1.165) is 44.5 Å². The molecule has 4 heteroatoms. The number of amides is 1. The van der Waals surface area contributed by atoms with Gasteiger partial charge in [0.05, 0.1) is 5.56 Å². The molecular formula is C21H35N3O. The van der Waals surface area contributed by atoms with E-state index in [0.29, 0.717) is 12.1 Å². The monoisotopic (exact) mass is 345 g/mol. The number of hydrogen-bond acceptors (Lipinski definition) is 2. The summed E-state index contributed by atoms with van der Waals surface area (Å²) in [5.74, 6) is 0.254. The summed E-state index contributed by atoms with van der Waals surface area (Å²) in [7, 11) is 0. The van der Waals surface area contributed by atoms with Gasteiger partial charge >= 0.3 is 0 Å². The third-order valence-electron chi connectivity index (χ3n) is 6.13. The average Bonchev–Trinajstić information content (AvgIpc) is 2.95. The molecule has 0 aromatic carbocycles. The molecule has 4 nitrogen and oxygen atoms in total. The molecule has 1 aromatic rings. The number of carbonyl (C=O) groups is 1. The highest BCUT2D eigenvalue weighted by atomic mass is 16.2. The van der Waals surface area contributed by atoms with Crippen LogP contribution in [0, 0.1) is 13.8 Å². The fourth-order valence-electron chi connectivity index (χ4n) is 4.86. The Hall–Kier alpha value is -1.29. The molecule has 1 amide bonds. The zero-order valence-corrected chi connectivity index (χ0v) is 16.3. The van der Waals surface area contributed by atoms with Crippen molar-refractivity contribution in [3.8, 4) is 0 Å². The van der Waals surface area contributed by atoms with Crippen molar-refractivity contribution in [2.24, 2.45) is 0 Å². The van der Waals surface area contributed by atoms with Gasteiger partial charge in [0.15, 0.2) is 0 Å². The standard InChI is InChI=1S/C21H35N3O/c1-4-14-23(18-10-12-22-13-11-18)21(25)20-15-16(2)24(17(20)3)19-8-6-5-7-9-19/h15,18-19,22H,4-14H2,1-3H3. The van der Waals surface area contributed by atoms with Gasteiger partial charge in [-0.1, -0.05) is 26.2 Å². The molecule has 0 bridgehead atoms. The Labute approximate surface area is 153 Å². The van der Waals surface area contributed by atoms with Crippen LogP contribution in [0.1, 0.15) is 86.1 Å². The zero-order chi connectivity index (χ0) is 17.8. The summed E-state index contributed by atoms with van der Waals surface area (Å²) < 4.78 is 2.46. The number of hydrogen-bond donors (Lipinski definition) is 1. The maximum Gasteiger partial charge on any atom is 0.255 e. The van der Waals surface area contributed by atoms with E-state index in [1.165, 1.54) is 43.5 Å². The maximum absolute atomic E-state index is 13.4. The molecule has 1 N–H and O–H groups in total. The van der Waals surface area contributed by atoms with E-state index in [9.17, 15) is 4.79 Å². The van der Waals surface area contributed by atoms with Crippen molar-refractivity contribution < 1.29 is 4.79 Å². The van der Waals surface area contributed by atoms with Gasteiger partial charge in [-0.15, -0.1) is 0 Å². The van der Waals surface area contributed by atoms with Crippen molar-refractivity contribution in [3.63, 3.8) is 0 Å². The second-order valence-corrected chi connectivity index (χ2v) is 7.93. The van der Waals surface area contributed by atoms with Crippen LogP contribution in [0.3, 0.4) is 0 Å². The number of aryl methyl sites for hydroxylation is 1. The van der Waals surface area contributed by atoms with Gasteiger partial charge in [-0.3, -0.25) is 4.79 Å². The molecule has 2 heterocycles. The second-order valence-electron chi connectivity index (χ2n) is 7.93. The van der Waals surface area contributed by atoms with Crippen LogP contribution in [0.2, 0.25) is 0 Å². The first kappa shape index (κ1) is 18.5. The molecule has 3 rings (SSSR count). The van der Waals surface area contributed by atoms with Crippen molar-refractivity contribution in [1.29, 1.82) is 0 Å². The van der Waals surface area contributed by atoms with Crippen LogP contribution < -0.4 is 5.32 Å². The fourth-order valence-corrected chi connectivity index (χ4v) is 4.86. The van der Waals surface area contributed by atoms with Crippen LogP contribution in [-0.2, 0) is 0 Å². The summed E-state index contributed by atoms with van der Waals surface area (Å²) >= 11 is 0. The molecule has 25 heavy (non-hydrogen) atoms. The Bertz CT molecular complexity index is 580. The van der Waals surface area contributed by atoms with Gasteiger partial charge in [-0.2, -0.15) is 0 Å². The molecule has 1 saturated carbocycles. The van der Waals surface area contributed by atoms with E-state index >= 15 is 0 Å². The molecule has 140 valence electrons. The minimum atomic E-state index is 0.254. The fraction of sp³-hybridized carbons (Fsp3) is 0.762. The van der Waals surface area contributed by atoms with Gasteiger partial charge in [0.1, 0.15) is 0 Å². The summed E-state index contributed by atoms with van der Waals surface area (Å²) in [5, 5.41) is 3.42. The van der Waals surface area contributed by atoms with Crippen molar-refractivity contribution >= 4 is 5.91 Å². The Morgan fingerprint density at radius 3 is 2.48 bits per heavy atom. The quantitative estimate of drug-likeness (QED) is 0.868. The molecule has 1 aliphatic heterocycles. The summed E-state index contributed by atoms with van der Waals surface area (Å²) in [5.41, 5.74) is 3.38.